The minimum atomic E-state index is -0.411. The maximum atomic E-state index is 8.20. The normalized spacial score (nSPS) is 13.0. The zero-order valence-electron chi connectivity index (χ0n) is 56.0. The molecule has 0 saturated carbocycles. The van der Waals surface area contributed by atoms with Crippen LogP contribution in [0.1, 0.15) is 26.3 Å². The Morgan fingerprint density at radius 1 is 0.287 bits per heavy atom. The van der Waals surface area contributed by atoms with Gasteiger partial charge in [0.25, 0.3) is 13.4 Å². The van der Waals surface area contributed by atoms with E-state index in [4.69, 9.17) is 13.9 Å². The molecule has 0 aliphatic carbocycles. The Bertz CT molecular complexity index is 5880. The van der Waals surface area contributed by atoms with E-state index in [1.54, 1.807) is 0 Å². The first kappa shape index (κ1) is 58.6. The molecule has 0 atom stereocenters. The molecule has 1 aromatic heterocycles. The van der Waals surface area contributed by atoms with Crippen LogP contribution in [0.15, 0.2) is 338 Å². The summed E-state index contributed by atoms with van der Waals surface area (Å²) in [6.45, 7) is 6.31. The summed E-state index contributed by atoms with van der Waals surface area (Å²) < 4.78 is 23.3. The summed E-state index contributed by atoms with van der Waals surface area (Å²) in [7, 11) is 0. The lowest BCUT2D eigenvalue weighted by atomic mass is 9.30. The molecule has 5 heterocycles. The van der Waals surface area contributed by atoms with Gasteiger partial charge in [0.05, 0.1) is 16.8 Å². The summed E-state index contributed by atoms with van der Waals surface area (Å²) in [5.74, 6) is 3.09. The van der Waals surface area contributed by atoms with E-state index in [-0.39, 0.29) is 12.1 Å². The van der Waals surface area contributed by atoms with E-state index in [1.807, 2.05) is 0 Å². The van der Waals surface area contributed by atoms with Gasteiger partial charge in [0.15, 0.2) is 0 Å². The van der Waals surface area contributed by atoms with Crippen molar-refractivity contribution in [2.75, 3.05) is 9.80 Å². The molecule has 0 bridgehead atoms. The Hall–Kier alpha value is -12.6. The molecule has 0 unspecified atom stereocenters. The van der Waals surface area contributed by atoms with Gasteiger partial charge >= 0.3 is 0 Å². The zero-order chi connectivity index (χ0) is 67.0. The van der Waals surface area contributed by atoms with Crippen molar-refractivity contribution in [3.05, 3.63) is 339 Å². The number of fused-ring (bicyclic) bond motifs is 13. The predicted octanol–water partition coefficient (Wildman–Crippen LogP) is 21.4. The molecule has 7 heteroatoms. The van der Waals surface area contributed by atoms with E-state index in [0.717, 1.165) is 184 Å². The third-order valence-electron chi connectivity index (χ3n) is 21.3. The highest BCUT2D eigenvalue weighted by Gasteiger charge is 2.52. The van der Waals surface area contributed by atoms with Crippen molar-refractivity contribution in [2.24, 2.45) is 0 Å². The lowest BCUT2D eigenvalue weighted by molar-refractivity contribution is 0.470. The van der Waals surface area contributed by atoms with Crippen molar-refractivity contribution in [3.63, 3.8) is 0 Å². The van der Waals surface area contributed by atoms with Gasteiger partial charge in [-0.05, 0) is 119 Å². The van der Waals surface area contributed by atoms with Crippen molar-refractivity contribution in [3.8, 4) is 101 Å². The fourth-order valence-electron chi connectivity index (χ4n) is 16.7. The van der Waals surface area contributed by atoms with E-state index in [2.05, 4.69) is 364 Å². The van der Waals surface area contributed by atoms with Gasteiger partial charge in [-0.2, -0.15) is 0 Å². The summed E-state index contributed by atoms with van der Waals surface area (Å²) in [6, 6.07) is 122. The minimum absolute atomic E-state index is 0.351. The van der Waals surface area contributed by atoms with E-state index in [1.165, 1.54) is 11.0 Å². The highest BCUT2D eigenvalue weighted by molar-refractivity contribution is 7.03. The molecule has 4 aliphatic heterocycles. The Morgan fingerprint density at radius 3 is 1.22 bits per heavy atom. The number of nitrogens with zero attached hydrogens (tertiary/aromatic N) is 2. The number of benzene rings is 15. The minimum Gasteiger partial charge on any atom is -0.459 e. The standard InChI is InChI=1S/C94H64B2N2O3/c1-94(2,3)68-55-79-86-80(56-68)98(90-71(63-37-19-8-20-38-63)46-28-47-72(90)64-39-21-9-22-40-64)81-58-84-88-93(87(81)96(86)75-51-49-66(59-29-11-4-12-30-59)53-78(75)97(79)89-69(61-33-15-6-16-34-61)44-27-45-70(89)62-35-17-7-18-36-62)100-83-54-67(60-31-13-5-14-32-60)50-52-76(83)95(88)77-57-74(65-41-23-10-24-42-65)91-85(92(77)101-84)73-43-25-26-48-82(73)99-91/h4-58H,1-3H3. The lowest BCUT2D eigenvalue weighted by Gasteiger charge is -2.48. The molecule has 0 N–H and O–H groups in total. The Labute approximate surface area is 588 Å². The molecule has 16 aromatic rings. The number of para-hydroxylation sites is 3. The summed E-state index contributed by atoms with van der Waals surface area (Å²) >= 11 is 0. The maximum absolute atomic E-state index is 8.20. The van der Waals surface area contributed by atoms with Crippen molar-refractivity contribution < 1.29 is 13.9 Å². The number of anilines is 6. The van der Waals surface area contributed by atoms with Gasteiger partial charge in [-0.25, -0.2) is 0 Å². The first-order valence-electron chi connectivity index (χ1n) is 35.0. The average Bonchev–Trinajstić information content (AvgIpc) is 0.937. The molecule has 0 fully saturated rings. The predicted molar refractivity (Wildman–Crippen MR) is 422 cm³/mol. The summed E-state index contributed by atoms with van der Waals surface area (Å²) in [5, 5.41) is 1.94. The fourth-order valence-corrected chi connectivity index (χ4v) is 16.7. The SMILES string of the molecule is CC(C)(C)c1cc2c3c(c1)N(c1c(-c4ccccc4)cccc1-c1ccccc1)c1cc4c5c(c1B3c1ccc(-c3ccccc3)cc1N2c1c(-c2ccccc2)cccc1-c1ccccc1)Oc1cc(-c2ccccc2)ccc1B5c1cc(-c2ccccc2)c2oc3ccccc3c2c1O4. The summed E-state index contributed by atoms with van der Waals surface area (Å²) in [4.78, 5) is 5.28. The van der Waals surface area contributed by atoms with Crippen molar-refractivity contribution >= 4 is 102 Å². The van der Waals surface area contributed by atoms with Crippen LogP contribution in [0.3, 0.4) is 0 Å². The number of hydrogen-bond donors (Lipinski definition) is 0. The van der Waals surface area contributed by atoms with Crippen LogP contribution in [0.4, 0.5) is 34.1 Å². The van der Waals surface area contributed by atoms with Crippen LogP contribution in [0.2, 0.25) is 0 Å². The number of rotatable bonds is 9. The van der Waals surface area contributed by atoms with Gasteiger partial charge in [-0.15, -0.1) is 0 Å². The van der Waals surface area contributed by atoms with Crippen molar-refractivity contribution in [1.29, 1.82) is 0 Å². The zero-order valence-corrected chi connectivity index (χ0v) is 56.0. The largest absolute Gasteiger partial charge is 0.459 e. The number of ether oxygens (including phenoxy) is 2. The van der Waals surface area contributed by atoms with E-state index in [0.29, 0.717) is 0 Å². The van der Waals surface area contributed by atoms with Crippen LogP contribution >= 0.6 is 0 Å². The van der Waals surface area contributed by atoms with Crippen molar-refractivity contribution in [2.45, 2.75) is 26.2 Å². The third-order valence-corrected chi connectivity index (χ3v) is 21.3. The van der Waals surface area contributed by atoms with Gasteiger partial charge in [-0.1, -0.05) is 318 Å². The number of hydrogen-bond acceptors (Lipinski definition) is 5. The van der Waals surface area contributed by atoms with Gasteiger partial charge in [-0.3, -0.25) is 0 Å². The molecule has 5 nitrogen and oxygen atoms in total. The molecule has 474 valence electrons. The van der Waals surface area contributed by atoms with E-state index < -0.39 is 6.71 Å². The molecule has 0 radical (unpaired) electrons. The maximum Gasteiger partial charge on any atom is 0.260 e. The second-order valence-electron chi connectivity index (χ2n) is 28.1. The van der Waals surface area contributed by atoms with E-state index >= 15 is 0 Å². The molecule has 4 aliphatic rings. The molecule has 0 amide bonds. The quantitative estimate of drug-likeness (QED) is 0.135. The van der Waals surface area contributed by atoms with Gasteiger partial charge in [0.1, 0.15) is 34.2 Å². The summed E-state index contributed by atoms with van der Waals surface area (Å²) in [6.07, 6.45) is 0. The summed E-state index contributed by atoms with van der Waals surface area (Å²) in [5.41, 5.74) is 30.6. The highest BCUT2D eigenvalue weighted by Crippen LogP contribution is 2.56. The molecular weight excluding hydrogens is 1230 g/mol. The Kier molecular flexibility index (Phi) is 13.4. The first-order valence-corrected chi connectivity index (χ1v) is 35.0. The first-order chi connectivity index (χ1) is 49.8. The van der Waals surface area contributed by atoms with Crippen molar-refractivity contribution in [1.82, 2.24) is 0 Å². The van der Waals surface area contributed by atoms with Gasteiger partial charge in [0, 0.05) is 67.5 Å². The second kappa shape index (κ2) is 23.0. The molecule has 20 rings (SSSR count). The number of furan rings is 1. The third kappa shape index (κ3) is 9.27. The van der Waals surface area contributed by atoms with Crippen LogP contribution in [0.5, 0.6) is 23.0 Å². The van der Waals surface area contributed by atoms with Crippen LogP contribution in [0.25, 0.3) is 99.8 Å². The lowest BCUT2D eigenvalue weighted by Crippen LogP contribution is -2.65. The van der Waals surface area contributed by atoms with Gasteiger partial charge in [0.2, 0.25) is 0 Å². The molecule has 15 aromatic carbocycles. The van der Waals surface area contributed by atoms with Crippen LogP contribution < -0.4 is 52.1 Å². The second-order valence-corrected chi connectivity index (χ2v) is 28.1. The van der Waals surface area contributed by atoms with Crippen LogP contribution in [-0.4, -0.2) is 13.4 Å². The van der Waals surface area contributed by atoms with Crippen LogP contribution in [-0.2, 0) is 5.41 Å². The monoisotopic (exact) mass is 1290 g/mol. The highest BCUT2D eigenvalue weighted by atomic mass is 16.5. The fraction of sp³-hybridized carbons (Fsp3) is 0.0426. The molecule has 0 spiro atoms. The topological polar surface area (TPSA) is 38.1 Å². The van der Waals surface area contributed by atoms with E-state index in [9.17, 15) is 0 Å². The molecule has 0 saturated heterocycles. The molecule has 101 heavy (non-hydrogen) atoms. The van der Waals surface area contributed by atoms with Gasteiger partial charge < -0.3 is 23.7 Å². The average molecular weight is 1290 g/mol. The molecular formula is C94H64B2N2O3. The van der Waals surface area contributed by atoms with Crippen LogP contribution in [0, 0.1) is 0 Å². The Morgan fingerprint density at radius 2 is 0.713 bits per heavy atom. The Balaban J connectivity index is 0.975. The smallest absolute Gasteiger partial charge is 0.260 e.